The van der Waals surface area contributed by atoms with E-state index in [1.807, 2.05) is 0 Å². The van der Waals surface area contributed by atoms with Crippen LogP contribution in [0.15, 0.2) is 18.2 Å². The van der Waals surface area contributed by atoms with Crippen LogP contribution in [-0.2, 0) is 6.42 Å². The Hall–Kier alpha value is -1.06. The fourth-order valence-corrected chi connectivity index (χ4v) is 3.83. The van der Waals surface area contributed by atoms with Gasteiger partial charge in [-0.1, -0.05) is 18.2 Å². The number of hydrogen-bond donors (Lipinski definition) is 1. The van der Waals surface area contributed by atoms with E-state index < -0.39 is 0 Å². The van der Waals surface area contributed by atoms with Crippen molar-refractivity contribution in [1.82, 2.24) is 10.2 Å². The SMILES string of the molecule is CNC(c1cccc2c1OCC2)C(C)(C)N1CCCC1. The number of nitrogens with one attached hydrogen (secondary N) is 1. The van der Waals surface area contributed by atoms with E-state index in [9.17, 15) is 0 Å². The number of para-hydroxylation sites is 1. The third-order valence-corrected chi connectivity index (χ3v) is 4.97. The van der Waals surface area contributed by atoms with Crippen LogP contribution in [0.1, 0.15) is 43.9 Å². The average Bonchev–Trinajstić information content (AvgIpc) is 3.11. The van der Waals surface area contributed by atoms with E-state index in [0.29, 0.717) is 6.04 Å². The van der Waals surface area contributed by atoms with Crippen LogP contribution in [0.3, 0.4) is 0 Å². The fraction of sp³-hybridized carbons (Fsp3) is 0.647. The molecule has 3 rings (SSSR count). The van der Waals surface area contributed by atoms with E-state index in [2.05, 4.69) is 49.3 Å². The molecule has 0 amide bonds. The molecule has 1 aromatic rings. The first-order chi connectivity index (χ1) is 9.64. The minimum Gasteiger partial charge on any atom is -0.493 e. The van der Waals surface area contributed by atoms with Gasteiger partial charge in [0.15, 0.2) is 0 Å². The van der Waals surface area contributed by atoms with Crippen LogP contribution in [0.2, 0.25) is 0 Å². The lowest BCUT2D eigenvalue weighted by molar-refractivity contribution is 0.109. The predicted octanol–water partition coefficient (Wildman–Crippen LogP) is 2.76. The van der Waals surface area contributed by atoms with Crippen molar-refractivity contribution in [1.29, 1.82) is 0 Å². The molecule has 2 aliphatic rings. The Balaban J connectivity index is 1.95. The van der Waals surface area contributed by atoms with Gasteiger partial charge in [-0.05, 0) is 52.4 Å². The molecule has 1 N–H and O–H groups in total. The second-order valence-electron chi connectivity index (χ2n) is 6.50. The molecular weight excluding hydrogens is 248 g/mol. The fourth-order valence-electron chi connectivity index (χ4n) is 3.83. The smallest absolute Gasteiger partial charge is 0.127 e. The van der Waals surface area contributed by atoms with Gasteiger partial charge < -0.3 is 10.1 Å². The number of benzene rings is 1. The van der Waals surface area contributed by atoms with Gasteiger partial charge in [0.05, 0.1) is 12.6 Å². The van der Waals surface area contributed by atoms with Crippen molar-refractivity contribution in [2.75, 3.05) is 26.7 Å². The molecular formula is C17H26N2O. The van der Waals surface area contributed by atoms with Gasteiger partial charge in [0.1, 0.15) is 5.75 Å². The molecule has 0 aromatic heterocycles. The summed E-state index contributed by atoms with van der Waals surface area (Å²) in [5.41, 5.74) is 2.78. The first-order valence-corrected chi connectivity index (χ1v) is 7.81. The minimum absolute atomic E-state index is 0.103. The zero-order chi connectivity index (χ0) is 14.2. The van der Waals surface area contributed by atoms with Gasteiger partial charge in [-0.2, -0.15) is 0 Å². The van der Waals surface area contributed by atoms with Crippen LogP contribution in [-0.4, -0.2) is 37.2 Å². The monoisotopic (exact) mass is 274 g/mol. The van der Waals surface area contributed by atoms with E-state index >= 15 is 0 Å². The molecule has 0 spiro atoms. The number of ether oxygens (including phenoxy) is 1. The Labute approximate surface area is 122 Å². The van der Waals surface area contributed by atoms with Crippen LogP contribution >= 0.6 is 0 Å². The van der Waals surface area contributed by atoms with Crippen molar-refractivity contribution < 1.29 is 4.74 Å². The second kappa shape index (κ2) is 5.38. The van der Waals surface area contributed by atoms with Gasteiger partial charge >= 0.3 is 0 Å². The highest BCUT2D eigenvalue weighted by molar-refractivity contribution is 5.46. The zero-order valence-electron chi connectivity index (χ0n) is 12.9. The molecule has 3 heteroatoms. The molecule has 0 bridgehead atoms. The van der Waals surface area contributed by atoms with Gasteiger partial charge in [-0.25, -0.2) is 0 Å². The van der Waals surface area contributed by atoms with E-state index in [0.717, 1.165) is 18.8 Å². The third-order valence-electron chi connectivity index (χ3n) is 4.97. The highest BCUT2D eigenvalue weighted by Crippen LogP contribution is 2.40. The van der Waals surface area contributed by atoms with Crippen LogP contribution < -0.4 is 10.1 Å². The number of rotatable bonds is 4. The lowest BCUT2D eigenvalue weighted by atomic mass is 9.86. The molecule has 0 radical (unpaired) electrons. The molecule has 2 aliphatic heterocycles. The summed E-state index contributed by atoms with van der Waals surface area (Å²) in [5.74, 6) is 1.12. The first-order valence-electron chi connectivity index (χ1n) is 7.81. The normalized spacial score (nSPS) is 20.8. The second-order valence-corrected chi connectivity index (χ2v) is 6.50. The van der Waals surface area contributed by atoms with Crippen LogP contribution in [0.25, 0.3) is 0 Å². The molecule has 110 valence electrons. The molecule has 2 heterocycles. The number of fused-ring (bicyclic) bond motifs is 1. The van der Waals surface area contributed by atoms with Crippen molar-refractivity contribution in [3.05, 3.63) is 29.3 Å². The van der Waals surface area contributed by atoms with E-state index in [1.165, 1.54) is 37.1 Å². The molecule has 3 nitrogen and oxygen atoms in total. The number of likely N-dealkylation sites (tertiary alicyclic amines) is 1. The summed E-state index contributed by atoms with van der Waals surface area (Å²) >= 11 is 0. The molecule has 1 aromatic carbocycles. The van der Waals surface area contributed by atoms with E-state index in [4.69, 9.17) is 4.74 Å². The largest absolute Gasteiger partial charge is 0.493 e. The molecule has 1 unspecified atom stereocenters. The third kappa shape index (κ3) is 2.23. The summed E-state index contributed by atoms with van der Waals surface area (Å²) in [6.45, 7) is 7.96. The van der Waals surface area contributed by atoms with Crippen LogP contribution in [0.5, 0.6) is 5.75 Å². The molecule has 20 heavy (non-hydrogen) atoms. The standard InChI is InChI=1S/C17H26N2O/c1-17(2,19-10-4-5-11-19)16(18-3)14-8-6-7-13-9-12-20-15(13)14/h6-8,16,18H,4-5,9-12H2,1-3H3. The molecule has 0 saturated carbocycles. The molecule has 1 fully saturated rings. The zero-order valence-corrected chi connectivity index (χ0v) is 12.9. The first kappa shape index (κ1) is 13.9. The summed E-state index contributed by atoms with van der Waals surface area (Å²) in [6.07, 6.45) is 3.69. The quantitative estimate of drug-likeness (QED) is 0.913. The van der Waals surface area contributed by atoms with Crippen molar-refractivity contribution in [3.63, 3.8) is 0 Å². The molecule has 1 saturated heterocycles. The number of nitrogens with zero attached hydrogens (tertiary/aromatic N) is 1. The van der Waals surface area contributed by atoms with E-state index in [-0.39, 0.29) is 5.54 Å². The Bertz CT molecular complexity index is 478. The van der Waals surface area contributed by atoms with Gasteiger partial charge in [0.25, 0.3) is 0 Å². The maximum Gasteiger partial charge on any atom is 0.127 e. The van der Waals surface area contributed by atoms with Crippen LogP contribution in [0, 0.1) is 0 Å². The van der Waals surface area contributed by atoms with Gasteiger partial charge in [0, 0.05) is 17.5 Å². The minimum atomic E-state index is 0.103. The van der Waals surface area contributed by atoms with Gasteiger partial charge in [-0.15, -0.1) is 0 Å². The van der Waals surface area contributed by atoms with E-state index in [1.54, 1.807) is 0 Å². The maximum absolute atomic E-state index is 5.91. The number of likely N-dealkylation sites (N-methyl/N-ethyl adjacent to an activating group) is 1. The number of hydrogen-bond acceptors (Lipinski definition) is 3. The lowest BCUT2D eigenvalue weighted by Gasteiger charge is -2.42. The topological polar surface area (TPSA) is 24.5 Å². The Morgan fingerprint density at radius 1 is 1.25 bits per heavy atom. The van der Waals surface area contributed by atoms with Crippen molar-refractivity contribution >= 4 is 0 Å². The Morgan fingerprint density at radius 3 is 2.70 bits per heavy atom. The summed E-state index contributed by atoms with van der Waals surface area (Å²) in [4.78, 5) is 2.61. The van der Waals surface area contributed by atoms with Crippen molar-refractivity contribution in [2.45, 2.75) is 44.7 Å². The maximum atomic E-state index is 5.91. The molecule has 1 atom stereocenters. The average molecular weight is 274 g/mol. The van der Waals surface area contributed by atoms with Crippen LogP contribution in [0.4, 0.5) is 0 Å². The highest BCUT2D eigenvalue weighted by atomic mass is 16.5. The van der Waals surface area contributed by atoms with Gasteiger partial charge in [0.2, 0.25) is 0 Å². The Kier molecular flexibility index (Phi) is 3.74. The van der Waals surface area contributed by atoms with Crippen molar-refractivity contribution in [3.8, 4) is 5.75 Å². The predicted molar refractivity (Wildman–Crippen MR) is 82.3 cm³/mol. The summed E-state index contributed by atoms with van der Waals surface area (Å²) < 4.78 is 5.91. The molecule has 0 aliphatic carbocycles. The lowest BCUT2D eigenvalue weighted by Crippen LogP contribution is -2.50. The van der Waals surface area contributed by atoms with Gasteiger partial charge in [-0.3, -0.25) is 4.90 Å². The summed E-state index contributed by atoms with van der Waals surface area (Å²) in [6, 6.07) is 6.89. The summed E-state index contributed by atoms with van der Waals surface area (Å²) in [7, 11) is 2.07. The summed E-state index contributed by atoms with van der Waals surface area (Å²) in [5, 5.41) is 3.54. The highest BCUT2D eigenvalue weighted by Gasteiger charge is 2.38. The Morgan fingerprint density at radius 2 is 2.00 bits per heavy atom. The van der Waals surface area contributed by atoms with Crippen molar-refractivity contribution in [2.24, 2.45) is 0 Å².